The van der Waals surface area contributed by atoms with Gasteiger partial charge < -0.3 is 25.3 Å². The number of rotatable bonds is 10. The lowest BCUT2D eigenvalue weighted by atomic mass is 9.79. The van der Waals surface area contributed by atoms with Crippen molar-refractivity contribution in [2.75, 3.05) is 52.1 Å². The Hall–Kier alpha value is -3.22. The highest BCUT2D eigenvalue weighted by Gasteiger charge is 2.41. The van der Waals surface area contributed by atoms with E-state index in [2.05, 4.69) is 22.2 Å². The Morgan fingerprint density at radius 1 is 0.870 bits per heavy atom. The van der Waals surface area contributed by atoms with E-state index in [-0.39, 0.29) is 56.2 Å². The lowest BCUT2D eigenvalue weighted by molar-refractivity contribution is -0.133. The number of nitrogens with one attached hydrogen (secondary N) is 1. The molecule has 3 aliphatic rings. The van der Waals surface area contributed by atoms with Crippen molar-refractivity contribution < 1.29 is 28.8 Å². The summed E-state index contributed by atoms with van der Waals surface area (Å²) >= 11 is 13.1. The quantitative estimate of drug-likeness (QED) is 0.337. The number of halogens is 2. The molecule has 2 fully saturated rings. The van der Waals surface area contributed by atoms with Gasteiger partial charge in [-0.3, -0.25) is 13.9 Å². The summed E-state index contributed by atoms with van der Waals surface area (Å²) < 4.78 is 13.4. The molecule has 2 unspecified atom stereocenters. The number of dihydropyridines is 1. The number of likely N-dealkylation sites (N-methyl/N-ethyl adjacent to an activating group) is 1. The van der Waals surface area contributed by atoms with Gasteiger partial charge in [0, 0.05) is 70.7 Å². The molecule has 13 heteroatoms. The highest BCUT2D eigenvalue weighted by molar-refractivity contribution is 7.85. The van der Waals surface area contributed by atoms with Gasteiger partial charge in [-0.1, -0.05) is 53.9 Å². The number of piperidine rings is 1. The number of carboxylic acids is 2. The molecular formula is C33H38Cl2N4O6S. The fourth-order valence-electron chi connectivity index (χ4n) is 6.55. The predicted octanol–water partition coefficient (Wildman–Crippen LogP) is 4.18. The third-order valence-corrected chi connectivity index (χ3v) is 11.0. The molecule has 46 heavy (non-hydrogen) atoms. The molecule has 3 atom stereocenters. The lowest BCUT2D eigenvalue weighted by Crippen LogP contribution is -2.53. The zero-order chi connectivity index (χ0) is 33.0. The lowest BCUT2D eigenvalue weighted by Gasteiger charge is -2.40. The summed E-state index contributed by atoms with van der Waals surface area (Å²) in [5.74, 6) is -4.81. The summed E-state index contributed by atoms with van der Waals surface area (Å²) in [5.41, 5.74) is -0.529. The predicted molar refractivity (Wildman–Crippen MR) is 177 cm³/mol. The van der Waals surface area contributed by atoms with E-state index in [1.807, 2.05) is 0 Å². The van der Waals surface area contributed by atoms with Gasteiger partial charge in [0.15, 0.2) is 0 Å². The fourth-order valence-corrected chi connectivity index (χ4v) is 8.28. The average Bonchev–Trinajstić information content (AvgIpc) is 3.02. The van der Waals surface area contributed by atoms with E-state index in [0.717, 1.165) is 19.5 Å². The van der Waals surface area contributed by atoms with E-state index in [1.54, 1.807) is 41.3 Å². The van der Waals surface area contributed by atoms with Crippen LogP contribution >= 0.6 is 23.2 Å². The van der Waals surface area contributed by atoms with Gasteiger partial charge in [-0.25, -0.2) is 9.59 Å². The van der Waals surface area contributed by atoms with E-state index in [9.17, 15) is 28.8 Å². The molecule has 0 aromatic heterocycles. The van der Waals surface area contributed by atoms with Crippen molar-refractivity contribution in [2.24, 2.45) is 0 Å². The molecule has 0 radical (unpaired) electrons. The van der Waals surface area contributed by atoms with Crippen LogP contribution in [0.3, 0.4) is 0 Å². The van der Waals surface area contributed by atoms with Gasteiger partial charge >= 0.3 is 11.9 Å². The molecule has 2 aromatic carbocycles. The van der Waals surface area contributed by atoms with Crippen LogP contribution in [-0.2, 0) is 25.2 Å². The van der Waals surface area contributed by atoms with Gasteiger partial charge in [-0.15, -0.1) is 0 Å². The number of carboxylic acid groups (broad SMARTS) is 2. The van der Waals surface area contributed by atoms with Gasteiger partial charge in [-0.05, 0) is 50.7 Å². The Balaban J connectivity index is 1.45. The van der Waals surface area contributed by atoms with Gasteiger partial charge in [0.25, 0.3) is 0 Å². The Morgan fingerprint density at radius 2 is 1.50 bits per heavy atom. The number of hydrogen-bond acceptors (Lipinski definition) is 7. The van der Waals surface area contributed by atoms with Crippen LogP contribution in [0.5, 0.6) is 0 Å². The van der Waals surface area contributed by atoms with E-state index in [1.165, 1.54) is 25.0 Å². The number of likely N-dealkylation sites (tertiary alicyclic amines) is 1. The molecule has 2 aromatic rings. The van der Waals surface area contributed by atoms with Crippen molar-refractivity contribution in [3.8, 4) is 0 Å². The molecule has 0 spiro atoms. The molecule has 0 saturated carbocycles. The maximum absolute atomic E-state index is 13.7. The molecule has 3 N–H and O–H groups in total. The highest BCUT2D eigenvalue weighted by atomic mass is 35.5. The topological polar surface area (TPSA) is 130 Å². The van der Waals surface area contributed by atoms with Crippen LogP contribution in [-0.4, -0.2) is 105 Å². The molecule has 2 saturated heterocycles. The highest BCUT2D eigenvalue weighted by Crippen LogP contribution is 2.45. The average molecular weight is 690 g/mol. The SMILES string of the molecule is CN1CCCC[C@@H]1CN1CCN(C(=O)CC2=C(C(=O)O)C(c3c(Cl)cccc3Cl)C(C(=O)O)=C(CS(=O)c3ccccc3)N2)CC1. The maximum Gasteiger partial charge on any atom is 0.334 e. The smallest absolute Gasteiger partial charge is 0.334 e. The van der Waals surface area contributed by atoms with Crippen LogP contribution in [0.1, 0.15) is 37.2 Å². The molecule has 0 bridgehead atoms. The largest absolute Gasteiger partial charge is 0.478 e. The van der Waals surface area contributed by atoms with Crippen molar-refractivity contribution >= 4 is 51.8 Å². The second-order valence-electron chi connectivity index (χ2n) is 11.9. The summed E-state index contributed by atoms with van der Waals surface area (Å²) in [6, 6.07) is 13.6. The van der Waals surface area contributed by atoms with Gasteiger partial charge in [-0.2, -0.15) is 0 Å². The van der Waals surface area contributed by atoms with E-state index in [0.29, 0.717) is 37.1 Å². The van der Waals surface area contributed by atoms with Crippen LogP contribution in [0.2, 0.25) is 10.0 Å². The molecule has 246 valence electrons. The van der Waals surface area contributed by atoms with E-state index < -0.39 is 28.7 Å². The zero-order valence-corrected chi connectivity index (χ0v) is 27.9. The van der Waals surface area contributed by atoms with Crippen LogP contribution in [0, 0.1) is 0 Å². The molecule has 10 nitrogen and oxygen atoms in total. The summed E-state index contributed by atoms with van der Waals surface area (Å²) in [7, 11) is 0.470. The molecule has 0 aliphatic carbocycles. The standard InChI is InChI=1S/C33H38Cl2N4O6S/c1-37-13-6-5-8-21(37)19-38-14-16-39(17-15-38)27(40)18-25-29(32(41)42)31(28-23(34)11-7-12-24(28)35)30(33(43)44)26(36-25)20-46(45)22-9-3-2-4-10-22/h2-4,7,9-12,21,31,36H,5-6,8,13-20H2,1H3,(H,41,42)(H,43,44)/t21-,31?,46?/m1/s1. The van der Waals surface area contributed by atoms with Crippen LogP contribution in [0.25, 0.3) is 0 Å². The molecule has 3 aliphatic heterocycles. The fraction of sp³-hybridized carbons (Fsp3) is 0.424. The van der Waals surface area contributed by atoms with Crippen LogP contribution < -0.4 is 5.32 Å². The molecule has 5 rings (SSSR count). The summed E-state index contributed by atoms with van der Waals surface area (Å²) in [5, 5.41) is 24.1. The first kappa shape index (κ1) is 34.1. The van der Waals surface area contributed by atoms with Crippen LogP contribution in [0.4, 0.5) is 0 Å². The second kappa shape index (κ2) is 15.1. The Labute approximate surface area is 281 Å². The zero-order valence-electron chi connectivity index (χ0n) is 25.6. The number of carbonyl (C=O) groups excluding carboxylic acids is 1. The van der Waals surface area contributed by atoms with E-state index >= 15 is 0 Å². The van der Waals surface area contributed by atoms with Gasteiger partial charge in [0.2, 0.25) is 5.91 Å². The first-order valence-corrected chi connectivity index (χ1v) is 17.4. The Kier molecular flexibility index (Phi) is 11.2. The summed E-state index contributed by atoms with van der Waals surface area (Å²) in [6.07, 6.45) is 3.28. The van der Waals surface area contributed by atoms with Gasteiger partial charge in [0.1, 0.15) is 0 Å². The first-order valence-electron chi connectivity index (χ1n) is 15.3. The molecule has 3 heterocycles. The molecule has 1 amide bonds. The minimum Gasteiger partial charge on any atom is -0.478 e. The monoisotopic (exact) mass is 688 g/mol. The minimum atomic E-state index is -1.69. The summed E-state index contributed by atoms with van der Waals surface area (Å²) in [6.45, 7) is 4.43. The molecular weight excluding hydrogens is 651 g/mol. The third-order valence-electron chi connectivity index (χ3n) is 9.00. The van der Waals surface area contributed by atoms with E-state index in [4.69, 9.17) is 23.2 Å². The number of nitrogens with zero attached hydrogens (tertiary/aromatic N) is 3. The Bertz CT molecular complexity index is 1550. The van der Waals surface area contributed by atoms with Crippen molar-refractivity contribution in [2.45, 2.75) is 42.5 Å². The van der Waals surface area contributed by atoms with Gasteiger partial charge in [0.05, 0.1) is 40.0 Å². The van der Waals surface area contributed by atoms with Crippen LogP contribution in [0.15, 0.2) is 76.0 Å². The number of benzene rings is 2. The Morgan fingerprint density at radius 3 is 2.11 bits per heavy atom. The number of aliphatic carboxylic acids is 2. The number of piperazine rings is 1. The normalized spacial score (nSPS) is 22.0. The number of amides is 1. The number of hydrogen-bond donors (Lipinski definition) is 3. The minimum absolute atomic E-state index is 0.0230. The summed E-state index contributed by atoms with van der Waals surface area (Å²) in [4.78, 5) is 46.4. The van der Waals surface area contributed by atoms with Crippen molar-refractivity contribution in [3.63, 3.8) is 0 Å². The first-order chi connectivity index (χ1) is 22.0. The number of carbonyl (C=O) groups is 3. The third kappa shape index (κ3) is 7.66. The van der Waals surface area contributed by atoms with Crippen molar-refractivity contribution in [1.82, 2.24) is 20.0 Å². The van der Waals surface area contributed by atoms with Crippen molar-refractivity contribution in [3.05, 3.63) is 86.7 Å². The van der Waals surface area contributed by atoms with Crippen molar-refractivity contribution in [1.29, 1.82) is 0 Å². The second-order valence-corrected chi connectivity index (χ2v) is 14.1. The maximum atomic E-state index is 13.7.